The minimum absolute atomic E-state index is 0.234. The van der Waals surface area contributed by atoms with Crippen LogP contribution in [0.3, 0.4) is 0 Å². The molecule has 0 aliphatic rings. The molecule has 2 amide bonds. The maximum atomic E-state index is 11.8. The Morgan fingerprint density at radius 1 is 1.04 bits per heavy atom. The van der Waals surface area contributed by atoms with Crippen molar-refractivity contribution in [3.63, 3.8) is 0 Å². The molecule has 0 saturated heterocycles. The summed E-state index contributed by atoms with van der Waals surface area (Å²) < 4.78 is 10.3. The molecule has 2 rings (SSSR count). The standard InChI is InChI=1S/C16H15ClN2O4/c1-22-13-5-7-14(8-6-13)23-10-15(20)18-19-16(21)11-3-2-4-12(17)9-11/h2-9H,10H2,1H3,(H,18,20)(H,19,21). The number of hydrogen-bond acceptors (Lipinski definition) is 4. The summed E-state index contributed by atoms with van der Waals surface area (Å²) in [5.41, 5.74) is 4.89. The molecule has 0 heterocycles. The molecule has 0 unspecified atom stereocenters. The number of hydrogen-bond donors (Lipinski definition) is 2. The fourth-order valence-electron chi connectivity index (χ4n) is 1.69. The third kappa shape index (κ3) is 5.19. The number of halogens is 1. The van der Waals surface area contributed by atoms with E-state index in [9.17, 15) is 9.59 Å². The number of methoxy groups -OCH3 is 1. The van der Waals surface area contributed by atoms with E-state index in [0.717, 1.165) is 0 Å². The van der Waals surface area contributed by atoms with Gasteiger partial charge in [-0.15, -0.1) is 0 Å². The number of rotatable bonds is 5. The highest BCUT2D eigenvalue weighted by atomic mass is 35.5. The lowest BCUT2D eigenvalue weighted by Crippen LogP contribution is -2.43. The highest BCUT2D eigenvalue weighted by Crippen LogP contribution is 2.16. The Balaban J connectivity index is 1.77. The van der Waals surface area contributed by atoms with Crippen molar-refractivity contribution < 1.29 is 19.1 Å². The van der Waals surface area contributed by atoms with Crippen LogP contribution in [-0.4, -0.2) is 25.5 Å². The zero-order valence-corrected chi connectivity index (χ0v) is 13.1. The zero-order valence-electron chi connectivity index (χ0n) is 12.3. The molecule has 7 heteroatoms. The van der Waals surface area contributed by atoms with Crippen LogP contribution < -0.4 is 20.3 Å². The molecule has 0 radical (unpaired) electrons. The first-order valence-electron chi connectivity index (χ1n) is 6.70. The smallest absolute Gasteiger partial charge is 0.276 e. The molecular weight excluding hydrogens is 320 g/mol. The highest BCUT2D eigenvalue weighted by Gasteiger charge is 2.08. The third-order valence-electron chi connectivity index (χ3n) is 2.83. The van der Waals surface area contributed by atoms with Crippen LogP contribution in [0.25, 0.3) is 0 Å². The monoisotopic (exact) mass is 334 g/mol. The topological polar surface area (TPSA) is 76.7 Å². The van der Waals surface area contributed by atoms with Crippen molar-refractivity contribution in [2.75, 3.05) is 13.7 Å². The lowest BCUT2D eigenvalue weighted by Gasteiger charge is -2.09. The summed E-state index contributed by atoms with van der Waals surface area (Å²) in [4.78, 5) is 23.4. The molecule has 0 aromatic heterocycles. The zero-order chi connectivity index (χ0) is 16.7. The van der Waals surface area contributed by atoms with Gasteiger partial charge in [-0.2, -0.15) is 0 Å². The Bertz CT molecular complexity index is 689. The van der Waals surface area contributed by atoms with E-state index in [0.29, 0.717) is 22.1 Å². The number of hydrazine groups is 1. The van der Waals surface area contributed by atoms with E-state index in [4.69, 9.17) is 21.1 Å². The number of benzene rings is 2. The third-order valence-corrected chi connectivity index (χ3v) is 3.07. The quantitative estimate of drug-likeness (QED) is 0.822. The van der Waals surface area contributed by atoms with Crippen molar-refractivity contribution in [3.05, 3.63) is 59.1 Å². The largest absolute Gasteiger partial charge is 0.497 e. The lowest BCUT2D eigenvalue weighted by atomic mass is 10.2. The predicted octanol–water partition coefficient (Wildman–Crippen LogP) is 2.19. The fourth-order valence-corrected chi connectivity index (χ4v) is 1.88. The molecule has 0 saturated carbocycles. The second-order valence-electron chi connectivity index (χ2n) is 4.48. The summed E-state index contributed by atoms with van der Waals surface area (Å²) in [6.45, 7) is -0.234. The van der Waals surface area contributed by atoms with Crippen LogP contribution in [0, 0.1) is 0 Å². The van der Waals surface area contributed by atoms with Gasteiger partial charge in [0.1, 0.15) is 11.5 Å². The molecule has 0 atom stereocenters. The van der Waals surface area contributed by atoms with E-state index < -0.39 is 11.8 Å². The summed E-state index contributed by atoms with van der Waals surface area (Å²) in [7, 11) is 1.56. The van der Waals surface area contributed by atoms with Gasteiger partial charge in [0.25, 0.3) is 11.8 Å². The normalized spacial score (nSPS) is 9.83. The Morgan fingerprint density at radius 3 is 2.39 bits per heavy atom. The molecule has 2 N–H and O–H groups in total. The maximum Gasteiger partial charge on any atom is 0.276 e. The lowest BCUT2D eigenvalue weighted by molar-refractivity contribution is -0.123. The van der Waals surface area contributed by atoms with E-state index in [2.05, 4.69) is 10.9 Å². The van der Waals surface area contributed by atoms with Gasteiger partial charge in [-0.3, -0.25) is 20.4 Å². The second kappa shape index (κ2) is 8.05. The van der Waals surface area contributed by atoms with Crippen LogP contribution in [0.2, 0.25) is 5.02 Å². The van der Waals surface area contributed by atoms with E-state index in [1.807, 2.05) is 0 Å². The van der Waals surface area contributed by atoms with Crippen molar-refractivity contribution in [3.8, 4) is 11.5 Å². The summed E-state index contributed by atoms with van der Waals surface area (Å²) >= 11 is 5.79. The number of carbonyl (C=O) groups excluding carboxylic acids is 2. The minimum atomic E-state index is -0.490. The Kier molecular flexibility index (Phi) is 5.82. The van der Waals surface area contributed by atoms with Gasteiger partial charge in [-0.25, -0.2) is 0 Å². The second-order valence-corrected chi connectivity index (χ2v) is 4.91. The van der Waals surface area contributed by atoms with Crippen molar-refractivity contribution in [2.45, 2.75) is 0 Å². The van der Waals surface area contributed by atoms with E-state index in [1.54, 1.807) is 49.6 Å². The van der Waals surface area contributed by atoms with Crippen molar-refractivity contribution >= 4 is 23.4 Å². The summed E-state index contributed by atoms with van der Waals surface area (Å²) in [5, 5.41) is 0.437. The Hall–Kier alpha value is -2.73. The molecule has 0 spiro atoms. The molecule has 2 aromatic rings. The van der Waals surface area contributed by atoms with Crippen LogP contribution >= 0.6 is 11.6 Å². The molecule has 2 aromatic carbocycles. The van der Waals surface area contributed by atoms with E-state index in [-0.39, 0.29) is 6.61 Å². The van der Waals surface area contributed by atoms with Crippen LogP contribution in [0.4, 0.5) is 0 Å². The minimum Gasteiger partial charge on any atom is -0.497 e. The molecule has 23 heavy (non-hydrogen) atoms. The number of amides is 2. The van der Waals surface area contributed by atoms with Gasteiger partial charge < -0.3 is 9.47 Å². The molecule has 120 valence electrons. The van der Waals surface area contributed by atoms with Crippen molar-refractivity contribution in [2.24, 2.45) is 0 Å². The summed E-state index contributed by atoms with van der Waals surface area (Å²) in [6, 6.07) is 13.2. The van der Waals surface area contributed by atoms with E-state index in [1.165, 1.54) is 6.07 Å². The molecule has 0 aliphatic carbocycles. The molecule has 0 fully saturated rings. The summed E-state index contributed by atoms with van der Waals surface area (Å²) in [6.07, 6.45) is 0. The Morgan fingerprint density at radius 2 is 1.74 bits per heavy atom. The van der Waals surface area contributed by atoms with E-state index >= 15 is 0 Å². The summed E-state index contributed by atoms with van der Waals surface area (Å²) in [5.74, 6) is 0.249. The first kappa shape index (κ1) is 16.6. The molecular formula is C16H15ClN2O4. The number of ether oxygens (including phenoxy) is 2. The van der Waals surface area contributed by atoms with Gasteiger partial charge in [0.05, 0.1) is 7.11 Å². The average molecular weight is 335 g/mol. The molecule has 6 nitrogen and oxygen atoms in total. The van der Waals surface area contributed by atoms with Crippen molar-refractivity contribution in [1.82, 2.24) is 10.9 Å². The molecule has 0 bridgehead atoms. The predicted molar refractivity (Wildman–Crippen MR) is 85.5 cm³/mol. The highest BCUT2D eigenvalue weighted by molar-refractivity contribution is 6.30. The van der Waals surface area contributed by atoms with Crippen LogP contribution in [-0.2, 0) is 4.79 Å². The van der Waals surface area contributed by atoms with Gasteiger partial charge in [-0.1, -0.05) is 17.7 Å². The SMILES string of the molecule is COc1ccc(OCC(=O)NNC(=O)c2cccc(Cl)c2)cc1. The first-order chi connectivity index (χ1) is 11.1. The average Bonchev–Trinajstić information content (AvgIpc) is 2.58. The van der Waals surface area contributed by atoms with Crippen LogP contribution in [0.5, 0.6) is 11.5 Å². The van der Waals surface area contributed by atoms with Crippen molar-refractivity contribution in [1.29, 1.82) is 0 Å². The number of carbonyl (C=O) groups is 2. The Labute approximate surface area is 138 Å². The molecule has 0 aliphatic heterocycles. The van der Waals surface area contributed by atoms with Gasteiger partial charge in [-0.05, 0) is 42.5 Å². The maximum absolute atomic E-state index is 11.8. The number of nitrogens with one attached hydrogen (secondary N) is 2. The van der Waals surface area contributed by atoms with Gasteiger partial charge >= 0.3 is 0 Å². The first-order valence-corrected chi connectivity index (χ1v) is 7.08. The van der Waals surface area contributed by atoms with Crippen LogP contribution in [0.15, 0.2) is 48.5 Å². The van der Waals surface area contributed by atoms with Crippen LogP contribution in [0.1, 0.15) is 10.4 Å². The van der Waals surface area contributed by atoms with Gasteiger partial charge in [0, 0.05) is 10.6 Å². The van der Waals surface area contributed by atoms with Gasteiger partial charge in [0.15, 0.2) is 6.61 Å². The van der Waals surface area contributed by atoms with Gasteiger partial charge in [0.2, 0.25) is 0 Å². The fraction of sp³-hybridized carbons (Fsp3) is 0.125.